The van der Waals surface area contributed by atoms with Gasteiger partial charge in [-0.3, -0.25) is 14.3 Å². The molecule has 0 aliphatic rings. The average molecular weight is 418 g/mol. The number of aromatic amines is 1. The fraction of sp³-hybridized carbons (Fsp3) is 0.316. The number of pyridine rings is 1. The standard InChI is InChI=1S/C19H22N4O5S/c1-12(24)8-14(13-6-4-3-5-7-13)10-21-29(27,28)15-9-16-17(20-11-15)23(2)19(26)22-18(16)25/h3-7,9,11-12,14,21,24H,8,10H2,1-2H3,(H,22,25,26)/t12-,14-/m0/s1. The van der Waals surface area contributed by atoms with E-state index in [4.69, 9.17) is 0 Å². The van der Waals surface area contributed by atoms with Crippen molar-refractivity contribution in [1.82, 2.24) is 19.3 Å². The molecule has 0 bridgehead atoms. The van der Waals surface area contributed by atoms with Crippen LogP contribution in [-0.2, 0) is 17.1 Å². The summed E-state index contributed by atoms with van der Waals surface area (Å²) in [6.07, 6.45) is 0.881. The van der Waals surface area contributed by atoms with E-state index in [-0.39, 0.29) is 28.4 Å². The highest BCUT2D eigenvalue weighted by Crippen LogP contribution is 2.21. The van der Waals surface area contributed by atoms with Crippen molar-refractivity contribution in [2.75, 3.05) is 6.54 Å². The van der Waals surface area contributed by atoms with Crippen molar-refractivity contribution in [1.29, 1.82) is 0 Å². The van der Waals surface area contributed by atoms with Crippen molar-refractivity contribution < 1.29 is 13.5 Å². The van der Waals surface area contributed by atoms with Crippen LogP contribution in [0.15, 0.2) is 57.1 Å². The monoisotopic (exact) mass is 418 g/mol. The third-order valence-electron chi connectivity index (χ3n) is 4.66. The molecule has 0 aliphatic heterocycles. The van der Waals surface area contributed by atoms with E-state index >= 15 is 0 Å². The van der Waals surface area contributed by atoms with Crippen LogP contribution in [0.4, 0.5) is 0 Å². The van der Waals surface area contributed by atoms with Crippen LogP contribution < -0.4 is 16.0 Å². The van der Waals surface area contributed by atoms with E-state index < -0.39 is 27.4 Å². The maximum Gasteiger partial charge on any atom is 0.329 e. The predicted octanol–water partition coefficient (Wildman–Crippen LogP) is 0.455. The Morgan fingerprint density at radius 1 is 1.24 bits per heavy atom. The zero-order chi connectivity index (χ0) is 21.2. The fourth-order valence-electron chi connectivity index (χ4n) is 3.13. The lowest BCUT2D eigenvalue weighted by Gasteiger charge is -2.19. The van der Waals surface area contributed by atoms with Crippen LogP contribution in [0.2, 0.25) is 0 Å². The van der Waals surface area contributed by atoms with Gasteiger partial charge in [0.05, 0.1) is 11.5 Å². The van der Waals surface area contributed by atoms with Crippen molar-refractivity contribution in [3.8, 4) is 0 Å². The number of aliphatic hydroxyl groups excluding tert-OH is 1. The van der Waals surface area contributed by atoms with E-state index in [0.717, 1.165) is 16.3 Å². The zero-order valence-electron chi connectivity index (χ0n) is 16.0. The van der Waals surface area contributed by atoms with Gasteiger partial charge < -0.3 is 5.11 Å². The molecule has 0 saturated heterocycles. The van der Waals surface area contributed by atoms with Crippen molar-refractivity contribution in [2.24, 2.45) is 7.05 Å². The molecular weight excluding hydrogens is 396 g/mol. The smallest absolute Gasteiger partial charge is 0.329 e. The number of rotatable bonds is 7. The molecule has 2 atom stereocenters. The van der Waals surface area contributed by atoms with E-state index in [2.05, 4.69) is 14.7 Å². The van der Waals surface area contributed by atoms with Gasteiger partial charge in [0.25, 0.3) is 5.56 Å². The number of hydrogen-bond acceptors (Lipinski definition) is 6. The summed E-state index contributed by atoms with van der Waals surface area (Å²) in [5, 5.41) is 9.77. The Labute approximate surface area is 167 Å². The van der Waals surface area contributed by atoms with E-state index in [1.54, 1.807) is 6.92 Å². The highest BCUT2D eigenvalue weighted by molar-refractivity contribution is 7.89. The largest absolute Gasteiger partial charge is 0.393 e. The highest BCUT2D eigenvalue weighted by Gasteiger charge is 2.21. The Morgan fingerprint density at radius 2 is 1.93 bits per heavy atom. The van der Waals surface area contributed by atoms with Gasteiger partial charge in [-0.15, -0.1) is 0 Å². The molecule has 10 heteroatoms. The first-order chi connectivity index (χ1) is 13.7. The molecule has 3 N–H and O–H groups in total. The van der Waals surface area contributed by atoms with Crippen LogP contribution in [0.25, 0.3) is 11.0 Å². The number of fused-ring (bicyclic) bond motifs is 1. The normalized spacial score (nSPS) is 14.0. The maximum atomic E-state index is 12.8. The Bertz CT molecular complexity index is 1230. The molecule has 29 heavy (non-hydrogen) atoms. The molecule has 3 aromatic rings. The first-order valence-corrected chi connectivity index (χ1v) is 10.5. The lowest BCUT2D eigenvalue weighted by Crippen LogP contribution is -2.31. The number of nitrogens with zero attached hydrogens (tertiary/aromatic N) is 2. The summed E-state index contributed by atoms with van der Waals surface area (Å²) < 4.78 is 29.2. The van der Waals surface area contributed by atoms with E-state index in [9.17, 15) is 23.1 Å². The number of aliphatic hydroxyl groups is 1. The van der Waals surface area contributed by atoms with Gasteiger partial charge in [-0.25, -0.2) is 22.9 Å². The van der Waals surface area contributed by atoms with Gasteiger partial charge in [0.2, 0.25) is 10.0 Å². The molecule has 1 aromatic carbocycles. The molecule has 0 unspecified atom stereocenters. The first kappa shape index (κ1) is 20.9. The molecule has 2 heterocycles. The second-order valence-electron chi connectivity index (χ2n) is 6.90. The van der Waals surface area contributed by atoms with Crippen LogP contribution in [0.1, 0.15) is 24.8 Å². The van der Waals surface area contributed by atoms with Crippen molar-refractivity contribution in [2.45, 2.75) is 30.3 Å². The second-order valence-corrected chi connectivity index (χ2v) is 8.67. The highest BCUT2D eigenvalue weighted by atomic mass is 32.2. The molecule has 0 aliphatic carbocycles. The Hall–Kier alpha value is -2.82. The molecule has 0 fully saturated rings. The van der Waals surface area contributed by atoms with Crippen LogP contribution in [0, 0.1) is 0 Å². The molecule has 0 radical (unpaired) electrons. The Morgan fingerprint density at radius 3 is 2.59 bits per heavy atom. The third kappa shape index (κ3) is 4.61. The molecule has 0 saturated carbocycles. The SMILES string of the molecule is C[C@H](O)C[C@@H](CNS(=O)(=O)c1cnc2c(c1)c(=O)[nH]c(=O)n2C)c1ccccc1. The minimum absolute atomic E-state index is 0.00133. The predicted molar refractivity (Wildman–Crippen MR) is 108 cm³/mol. The topological polar surface area (TPSA) is 134 Å². The molecule has 2 aromatic heterocycles. The summed E-state index contributed by atoms with van der Waals surface area (Å²) in [7, 11) is -2.53. The van der Waals surface area contributed by atoms with Crippen molar-refractivity contribution in [3.63, 3.8) is 0 Å². The number of benzene rings is 1. The molecule has 0 spiro atoms. The minimum atomic E-state index is -3.96. The summed E-state index contributed by atoms with van der Waals surface area (Å²) in [5.74, 6) is -0.233. The summed E-state index contributed by atoms with van der Waals surface area (Å²) in [5.41, 5.74) is -0.343. The van der Waals surface area contributed by atoms with Crippen molar-refractivity contribution >= 4 is 21.1 Å². The van der Waals surface area contributed by atoms with Crippen LogP contribution in [0.5, 0.6) is 0 Å². The first-order valence-electron chi connectivity index (χ1n) is 9.01. The number of H-pyrrole nitrogens is 1. The molecule has 0 amide bonds. The second kappa shape index (κ2) is 8.27. The molecular formula is C19H22N4O5S. The van der Waals surface area contributed by atoms with Gasteiger partial charge >= 0.3 is 5.69 Å². The quantitative estimate of drug-likeness (QED) is 0.510. The number of hydrogen-bond donors (Lipinski definition) is 3. The summed E-state index contributed by atoms with van der Waals surface area (Å²) in [6.45, 7) is 1.72. The molecule has 3 rings (SSSR count). The fourth-order valence-corrected chi connectivity index (χ4v) is 4.18. The van der Waals surface area contributed by atoms with Crippen LogP contribution >= 0.6 is 0 Å². The number of nitrogens with one attached hydrogen (secondary N) is 2. The minimum Gasteiger partial charge on any atom is -0.393 e. The average Bonchev–Trinajstić information content (AvgIpc) is 2.69. The Balaban J connectivity index is 1.90. The van der Waals surface area contributed by atoms with E-state index in [1.165, 1.54) is 13.1 Å². The van der Waals surface area contributed by atoms with Gasteiger partial charge in [-0.05, 0) is 30.9 Å². The number of aryl methyl sites for hydroxylation is 1. The number of aromatic nitrogens is 3. The van der Waals surface area contributed by atoms with Gasteiger partial charge in [0.1, 0.15) is 10.5 Å². The molecule has 154 valence electrons. The summed E-state index contributed by atoms with van der Waals surface area (Å²) in [6, 6.07) is 10.5. The zero-order valence-corrected chi connectivity index (χ0v) is 16.8. The lowest BCUT2D eigenvalue weighted by molar-refractivity contribution is 0.174. The maximum absolute atomic E-state index is 12.8. The lowest BCUT2D eigenvalue weighted by atomic mass is 9.94. The van der Waals surface area contributed by atoms with Gasteiger partial charge in [-0.1, -0.05) is 30.3 Å². The number of sulfonamides is 1. The van der Waals surface area contributed by atoms with Gasteiger partial charge in [0.15, 0.2) is 0 Å². The van der Waals surface area contributed by atoms with Crippen LogP contribution in [-0.4, -0.2) is 40.7 Å². The van der Waals surface area contributed by atoms with Gasteiger partial charge in [0, 0.05) is 19.8 Å². The van der Waals surface area contributed by atoms with Crippen molar-refractivity contribution in [3.05, 3.63) is 69.0 Å². The summed E-state index contributed by atoms with van der Waals surface area (Å²) >= 11 is 0. The van der Waals surface area contributed by atoms with E-state index in [1.807, 2.05) is 30.3 Å². The van der Waals surface area contributed by atoms with E-state index in [0.29, 0.717) is 6.42 Å². The summed E-state index contributed by atoms with van der Waals surface area (Å²) in [4.78, 5) is 29.6. The Kier molecular flexibility index (Phi) is 5.96. The third-order valence-corrected chi connectivity index (χ3v) is 6.05. The van der Waals surface area contributed by atoms with Gasteiger partial charge in [-0.2, -0.15) is 0 Å². The van der Waals surface area contributed by atoms with Crippen LogP contribution in [0.3, 0.4) is 0 Å². The molecule has 9 nitrogen and oxygen atoms in total.